The van der Waals surface area contributed by atoms with Crippen LogP contribution in [0, 0.1) is 72.7 Å². The number of nitro groups is 1. The molecule has 0 spiro atoms. The van der Waals surface area contributed by atoms with E-state index in [4.69, 9.17) is 15.2 Å². The molecule has 1 aliphatic heterocycles. The number of carbonyl (C=O) groups is 1. The Morgan fingerprint density at radius 1 is 1.18 bits per heavy atom. The molecule has 3 saturated carbocycles. The van der Waals surface area contributed by atoms with E-state index in [2.05, 4.69) is 94.4 Å². The van der Waals surface area contributed by atoms with E-state index in [0.717, 1.165) is 25.7 Å². The molecule has 1 aromatic rings. The van der Waals surface area contributed by atoms with E-state index in [1.54, 1.807) is 0 Å². The zero-order valence-electron chi connectivity index (χ0n) is 31.8. The molecule has 11 nitrogen and oxygen atoms in total. The van der Waals surface area contributed by atoms with E-state index in [1.807, 2.05) is 6.92 Å². The van der Waals surface area contributed by atoms with Crippen molar-refractivity contribution in [3.8, 4) is 0 Å². The average molecular weight is 763 g/mol. The molecule has 4 fully saturated rings. The summed E-state index contributed by atoms with van der Waals surface area (Å²) in [6.45, 7) is 23.2. The molecule has 2 heterocycles. The summed E-state index contributed by atoms with van der Waals surface area (Å²) < 4.78 is 15.2. The van der Waals surface area contributed by atoms with Crippen molar-refractivity contribution in [1.82, 2.24) is 14.8 Å². The molecule has 50 heavy (non-hydrogen) atoms. The van der Waals surface area contributed by atoms with Crippen LogP contribution in [0.25, 0.3) is 0 Å². The van der Waals surface area contributed by atoms with Crippen molar-refractivity contribution < 1.29 is 24.3 Å². The Bertz CT molecular complexity index is 1560. The third-order valence-corrected chi connectivity index (χ3v) is 16.4. The van der Waals surface area contributed by atoms with Gasteiger partial charge in [0, 0.05) is 32.3 Å². The van der Waals surface area contributed by atoms with Crippen LogP contribution in [-0.4, -0.2) is 62.2 Å². The SMILES string of the molecule is CC(C)[C@@H](C)[C@@]1(C)CC[C@]2(C)[C@H]3CC[C@H]4C5(C)COC[C@@]4(C[C@@H](n4nc(Br)nc4[N+](=O)[O-])[C@@H]5OC[C@](C)(N)C(C)C)C3=CC[C@@]2(C)[C@@H]1C(=O)O. The summed E-state index contributed by atoms with van der Waals surface area (Å²) in [5.74, 6) is -0.297. The van der Waals surface area contributed by atoms with Crippen molar-refractivity contribution in [2.24, 2.45) is 68.3 Å². The highest BCUT2D eigenvalue weighted by Crippen LogP contribution is 2.75. The van der Waals surface area contributed by atoms with Crippen LogP contribution in [0.15, 0.2) is 16.4 Å². The predicted molar refractivity (Wildman–Crippen MR) is 194 cm³/mol. The molecule has 280 valence electrons. The van der Waals surface area contributed by atoms with Crippen molar-refractivity contribution >= 4 is 27.8 Å². The average Bonchev–Trinajstić information content (AvgIpc) is 3.41. The number of ether oxygens (including phenoxy) is 2. The normalized spacial score (nSPS) is 42.9. The molecule has 4 aliphatic carbocycles. The lowest BCUT2D eigenvalue weighted by Gasteiger charge is -2.71. The summed E-state index contributed by atoms with van der Waals surface area (Å²) in [6.07, 6.45) is 6.92. The first-order valence-corrected chi connectivity index (χ1v) is 19.6. The third kappa shape index (κ3) is 5.22. The smallest absolute Gasteiger partial charge is 0.457 e. The molecule has 5 aliphatic rings. The molecule has 12 atom stereocenters. The van der Waals surface area contributed by atoms with E-state index in [0.29, 0.717) is 32.0 Å². The van der Waals surface area contributed by atoms with Gasteiger partial charge in [0.05, 0.1) is 25.7 Å². The number of carboxylic acid groups (broad SMARTS) is 1. The molecule has 3 N–H and O–H groups in total. The van der Waals surface area contributed by atoms with E-state index in [1.165, 1.54) is 10.3 Å². The van der Waals surface area contributed by atoms with Crippen LogP contribution in [-0.2, 0) is 14.3 Å². The minimum Gasteiger partial charge on any atom is -0.481 e. The summed E-state index contributed by atoms with van der Waals surface area (Å²) in [5, 5.41) is 28.0. The highest BCUT2D eigenvalue weighted by atomic mass is 79.9. The summed E-state index contributed by atoms with van der Waals surface area (Å²) >= 11 is 3.33. The number of hydrogen-bond acceptors (Lipinski definition) is 8. The largest absolute Gasteiger partial charge is 0.481 e. The number of rotatable bonds is 9. The van der Waals surface area contributed by atoms with Crippen LogP contribution >= 0.6 is 15.9 Å². The number of nitrogens with zero attached hydrogens (tertiary/aromatic N) is 4. The Hall–Kier alpha value is -1.89. The number of fused-ring (bicyclic) bond motifs is 3. The standard InChI is InChI=1S/C38H60BrN5O6/c1-21(2)23(5)33(6)15-16-35(8)24-11-12-27-34(7)18-49-20-38(27,25(24)13-14-36(35,9)28(33)30(45)46)17-26(29(34)50-19-37(10,40)22(3)4)43-32(44(47)48)41-31(39)42-43/h13,21-24,26-29H,11-12,14-20,40H2,1-10H3,(H,45,46)/t23-,24+,26-,27+,28-,29+,33-,34?,35-,36+,37+,38+/m1/s1. The molecular formula is C38H60BrN5O6. The van der Waals surface area contributed by atoms with Crippen molar-refractivity contribution in [2.75, 3.05) is 19.8 Å². The molecule has 1 saturated heterocycles. The first-order valence-electron chi connectivity index (χ1n) is 18.8. The summed E-state index contributed by atoms with van der Waals surface area (Å²) in [6, 6.07) is -0.489. The van der Waals surface area contributed by atoms with Gasteiger partial charge < -0.3 is 30.4 Å². The second-order valence-corrected chi connectivity index (χ2v) is 19.6. The molecule has 1 unspecified atom stereocenters. The lowest BCUT2D eigenvalue weighted by atomic mass is 9.34. The van der Waals surface area contributed by atoms with Gasteiger partial charge in [-0.3, -0.25) is 4.79 Å². The Kier molecular flexibility index (Phi) is 9.34. The van der Waals surface area contributed by atoms with Crippen LogP contribution in [0.3, 0.4) is 0 Å². The monoisotopic (exact) mass is 761 g/mol. The van der Waals surface area contributed by atoms with E-state index < -0.39 is 50.7 Å². The topological polar surface area (TPSA) is 156 Å². The number of nitrogens with two attached hydrogens (primary N) is 1. The van der Waals surface area contributed by atoms with Gasteiger partial charge in [-0.1, -0.05) is 79.1 Å². The van der Waals surface area contributed by atoms with Gasteiger partial charge in [-0.05, 0) is 101 Å². The molecule has 1 aromatic heterocycles. The highest BCUT2D eigenvalue weighted by molar-refractivity contribution is 9.10. The maximum absolute atomic E-state index is 13.5. The zero-order valence-corrected chi connectivity index (χ0v) is 33.4. The van der Waals surface area contributed by atoms with Crippen molar-refractivity contribution in [3.63, 3.8) is 0 Å². The second kappa shape index (κ2) is 12.3. The minimum atomic E-state index is -0.680. The van der Waals surface area contributed by atoms with Gasteiger partial charge in [0.1, 0.15) is 12.1 Å². The number of aliphatic carboxylic acids is 1. The van der Waals surface area contributed by atoms with Crippen LogP contribution in [0.2, 0.25) is 0 Å². The molecule has 0 amide bonds. The van der Waals surface area contributed by atoms with Crippen molar-refractivity contribution in [3.05, 3.63) is 26.5 Å². The van der Waals surface area contributed by atoms with Crippen molar-refractivity contribution in [2.45, 2.75) is 125 Å². The first-order chi connectivity index (χ1) is 23.1. The first kappa shape index (κ1) is 37.9. The Labute approximate surface area is 306 Å². The quantitative estimate of drug-likeness (QED) is 0.145. The number of carboxylic acids is 1. The summed E-state index contributed by atoms with van der Waals surface area (Å²) in [4.78, 5) is 29.6. The van der Waals surface area contributed by atoms with E-state index in [9.17, 15) is 20.0 Å². The van der Waals surface area contributed by atoms with Gasteiger partial charge in [-0.25, -0.2) is 0 Å². The zero-order chi connectivity index (χ0) is 37.0. The Morgan fingerprint density at radius 2 is 1.86 bits per heavy atom. The lowest BCUT2D eigenvalue weighted by molar-refractivity contribution is -0.399. The van der Waals surface area contributed by atoms with Gasteiger partial charge in [-0.15, -0.1) is 4.68 Å². The minimum absolute atomic E-state index is 0.155. The fourth-order valence-corrected chi connectivity index (χ4v) is 12.5. The maximum Gasteiger partial charge on any atom is 0.457 e. The van der Waals surface area contributed by atoms with Gasteiger partial charge >= 0.3 is 16.7 Å². The molecule has 0 radical (unpaired) electrons. The molecule has 2 bridgehead atoms. The van der Waals surface area contributed by atoms with Crippen LogP contribution in [0.5, 0.6) is 0 Å². The Balaban J connectivity index is 1.49. The van der Waals surface area contributed by atoms with Crippen LogP contribution in [0.1, 0.15) is 114 Å². The fraction of sp³-hybridized carbons (Fsp3) is 0.868. The Morgan fingerprint density at radius 3 is 2.46 bits per heavy atom. The highest BCUT2D eigenvalue weighted by Gasteiger charge is 2.72. The molecule has 12 heteroatoms. The van der Waals surface area contributed by atoms with Gasteiger partial charge in [0.2, 0.25) is 0 Å². The maximum atomic E-state index is 13.5. The van der Waals surface area contributed by atoms with Crippen LogP contribution in [0.4, 0.5) is 5.95 Å². The number of aromatic nitrogens is 3. The number of halogens is 1. The molecular weight excluding hydrogens is 702 g/mol. The van der Waals surface area contributed by atoms with Crippen LogP contribution < -0.4 is 5.73 Å². The van der Waals surface area contributed by atoms with Crippen molar-refractivity contribution in [1.29, 1.82) is 0 Å². The van der Waals surface area contributed by atoms with Gasteiger partial charge in [-0.2, -0.15) is 0 Å². The number of allylic oxidation sites excluding steroid dienone is 1. The lowest BCUT2D eigenvalue weighted by Crippen LogP contribution is -2.69. The summed E-state index contributed by atoms with van der Waals surface area (Å²) in [7, 11) is 0. The molecule has 0 aromatic carbocycles. The van der Waals surface area contributed by atoms with Gasteiger partial charge in [0.15, 0.2) is 0 Å². The van der Waals surface area contributed by atoms with E-state index >= 15 is 0 Å². The molecule has 6 rings (SSSR count). The van der Waals surface area contributed by atoms with E-state index in [-0.39, 0.29) is 51.8 Å². The van der Waals surface area contributed by atoms with Gasteiger partial charge in [0.25, 0.3) is 0 Å². The fourth-order valence-electron chi connectivity index (χ4n) is 12.2. The summed E-state index contributed by atoms with van der Waals surface area (Å²) in [5.41, 5.74) is 5.60. The number of hydrogen-bond donors (Lipinski definition) is 2. The predicted octanol–water partition coefficient (Wildman–Crippen LogP) is 7.84. The second-order valence-electron chi connectivity index (χ2n) is 18.9. The third-order valence-electron chi connectivity index (χ3n) is 16.0.